The monoisotopic (exact) mass is 626 g/mol. The molecule has 2 atom stereocenters. The minimum atomic E-state index is -0.180. The molecule has 2 amide bonds. The lowest BCUT2D eigenvalue weighted by molar-refractivity contribution is -0.111. The van der Waals surface area contributed by atoms with Gasteiger partial charge in [0.25, 0.3) is 5.91 Å². The first-order valence-corrected chi connectivity index (χ1v) is 15.9. The predicted octanol–water partition coefficient (Wildman–Crippen LogP) is 5.17. The van der Waals surface area contributed by atoms with Crippen molar-refractivity contribution in [1.29, 1.82) is 0 Å². The Morgan fingerprint density at radius 2 is 1.82 bits per heavy atom. The number of amides is 2. The van der Waals surface area contributed by atoms with Crippen LogP contribution in [0.2, 0.25) is 5.02 Å². The van der Waals surface area contributed by atoms with E-state index in [9.17, 15) is 9.59 Å². The number of likely N-dealkylation sites (N-methyl/N-ethyl adjacent to an activating group) is 1. The number of anilines is 2. The first-order chi connectivity index (χ1) is 21.9. The summed E-state index contributed by atoms with van der Waals surface area (Å²) in [5.74, 6) is 0.207. The second-order valence-corrected chi connectivity index (χ2v) is 12.3. The topological polar surface area (TPSA) is 118 Å². The molecule has 2 aromatic carbocycles. The first kappa shape index (κ1) is 30.8. The van der Waals surface area contributed by atoms with Crippen LogP contribution in [0.3, 0.4) is 0 Å². The standard InChI is InChI=1S/C34H39ClN8O2/c1-42-16-18-43(19-17-42)15-5-10-31(44)38-24-13-11-23(12-14-24)33(45)39-25-6-4-7-26(20-25)40-34-37-22-29(35)32(41-34)28-21-36-30-9-3-2-8-27(28)30/h2-3,5,8-14,21-22,25-26,36H,4,6-7,15-20H2,1H3,(H,38,44)(H,39,45)(H,37,40,41)/b10-5+/t25-,26+/m0/s1. The van der Waals surface area contributed by atoms with E-state index >= 15 is 0 Å². The number of aromatic nitrogens is 3. The van der Waals surface area contributed by atoms with Crippen LogP contribution in [0.5, 0.6) is 0 Å². The molecular weight excluding hydrogens is 588 g/mol. The normalized spacial score (nSPS) is 19.5. The number of nitrogens with one attached hydrogen (secondary N) is 4. The van der Waals surface area contributed by atoms with Crippen molar-refractivity contribution >= 4 is 46.0 Å². The maximum atomic E-state index is 13.1. The molecule has 2 aromatic heterocycles. The van der Waals surface area contributed by atoms with E-state index in [0.717, 1.165) is 74.9 Å². The van der Waals surface area contributed by atoms with Gasteiger partial charge in [-0.3, -0.25) is 14.5 Å². The third-order valence-corrected chi connectivity index (χ3v) is 8.85. The van der Waals surface area contributed by atoms with Gasteiger partial charge in [0.2, 0.25) is 11.9 Å². The number of hydrogen-bond acceptors (Lipinski definition) is 7. The van der Waals surface area contributed by atoms with E-state index in [0.29, 0.717) is 27.9 Å². The second-order valence-electron chi connectivity index (χ2n) is 11.9. The van der Waals surface area contributed by atoms with Crippen LogP contribution in [0.4, 0.5) is 11.6 Å². The number of carbonyl (C=O) groups excluding carboxylic acids is 2. The Balaban J connectivity index is 0.997. The average Bonchev–Trinajstić information content (AvgIpc) is 3.47. The van der Waals surface area contributed by atoms with Crippen molar-refractivity contribution in [3.8, 4) is 11.3 Å². The number of carbonyl (C=O) groups is 2. The number of benzene rings is 2. The van der Waals surface area contributed by atoms with Crippen molar-refractivity contribution < 1.29 is 9.59 Å². The number of nitrogens with zero attached hydrogens (tertiary/aromatic N) is 4. The van der Waals surface area contributed by atoms with Gasteiger partial charge in [-0.25, -0.2) is 9.97 Å². The SMILES string of the molecule is CN1CCN(C/C=C/C(=O)Nc2ccc(C(=O)N[C@H]3CCC[C@@H](Nc4ncc(Cl)c(-c5c[nH]c6ccccc56)n4)C3)cc2)CC1. The van der Waals surface area contributed by atoms with Gasteiger partial charge in [0, 0.05) is 84.8 Å². The number of H-pyrrole nitrogens is 1. The zero-order chi connectivity index (χ0) is 31.2. The molecule has 1 aliphatic heterocycles. The Morgan fingerprint density at radius 3 is 2.64 bits per heavy atom. The van der Waals surface area contributed by atoms with Crippen LogP contribution in [-0.4, -0.2) is 88.4 Å². The van der Waals surface area contributed by atoms with Crippen LogP contribution in [0.1, 0.15) is 36.0 Å². The molecule has 4 N–H and O–H groups in total. The molecule has 10 nitrogen and oxygen atoms in total. The van der Waals surface area contributed by atoms with E-state index in [-0.39, 0.29) is 23.9 Å². The molecule has 0 unspecified atom stereocenters. The molecule has 1 aliphatic carbocycles. The second kappa shape index (κ2) is 14.2. The van der Waals surface area contributed by atoms with Crippen molar-refractivity contribution in [3.05, 3.63) is 83.7 Å². The van der Waals surface area contributed by atoms with E-state index in [4.69, 9.17) is 16.6 Å². The summed E-state index contributed by atoms with van der Waals surface area (Å²) >= 11 is 6.51. The molecule has 3 heterocycles. The smallest absolute Gasteiger partial charge is 0.251 e. The Bertz CT molecular complexity index is 1660. The molecule has 0 radical (unpaired) electrons. The van der Waals surface area contributed by atoms with Crippen molar-refractivity contribution in [3.63, 3.8) is 0 Å². The van der Waals surface area contributed by atoms with Gasteiger partial charge in [0.05, 0.1) is 16.9 Å². The maximum absolute atomic E-state index is 13.1. The van der Waals surface area contributed by atoms with Crippen LogP contribution in [-0.2, 0) is 4.79 Å². The summed E-state index contributed by atoms with van der Waals surface area (Å²) in [6, 6.07) is 15.2. The van der Waals surface area contributed by atoms with E-state index in [1.807, 2.05) is 36.5 Å². The molecule has 2 fully saturated rings. The van der Waals surface area contributed by atoms with Crippen LogP contribution in [0, 0.1) is 0 Å². The van der Waals surface area contributed by atoms with Crippen LogP contribution < -0.4 is 16.0 Å². The lowest BCUT2D eigenvalue weighted by Gasteiger charge is -2.31. The molecule has 0 bridgehead atoms. The molecule has 1 saturated heterocycles. The van der Waals surface area contributed by atoms with Crippen LogP contribution in [0.15, 0.2) is 73.1 Å². The molecule has 234 valence electrons. The highest BCUT2D eigenvalue weighted by molar-refractivity contribution is 6.33. The molecule has 0 spiro atoms. The summed E-state index contributed by atoms with van der Waals surface area (Å²) in [5.41, 5.74) is 3.83. The fraction of sp³-hybridized carbons (Fsp3) is 0.353. The van der Waals surface area contributed by atoms with Gasteiger partial charge >= 0.3 is 0 Å². The maximum Gasteiger partial charge on any atom is 0.251 e. The number of halogens is 1. The van der Waals surface area contributed by atoms with Crippen molar-refractivity contribution in [1.82, 2.24) is 30.1 Å². The third-order valence-electron chi connectivity index (χ3n) is 8.57. The lowest BCUT2D eigenvalue weighted by Crippen LogP contribution is -2.44. The van der Waals surface area contributed by atoms with Gasteiger partial charge in [-0.2, -0.15) is 0 Å². The molecular formula is C34H39ClN8O2. The summed E-state index contributed by atoms with van der Waals surface area (Å²) in [6.45, 7) is 4.87. The summed E-state index contributed by atoms with van der Waals surface area (Å²) in [6.07, 6.45) is 10.6. The number of rotatable bonds is 9. The van der Waals surface area contributed by atoms with Gasteiger partial charge in [0.1, 0.15) is 0 Å². The molecule has 45 heavy (non-hydrogen) atoms. The van der Waals surface area contributed by atoms with Gasteiger partial charge < -0.3 is 25.8 Å². The quantitative estimate of drug-likeness (QED) is 0.189. The Kier molecular flexibility index (Phi) is 9.73. The zero-order valence-corrected chi connectivity index (χ0v) is 26.2. The molecule has 2 aliphatic rings. The third kappa shape index (κ3) is 7.89. The van der Waals surface area contributed by atoms with E-state index in [1.54, 1.807) is 36.5 Å². The molecule has 6 rings (SSSR count). The average molecular weight is 627 g/mol. The highest BCUT2D eigenvalue weighted by Gasteiger charge is 2.25. The fourth-order valence-corrected chi connectivity index (χ4v) is 6.22. The highest BCUT2D eigenvalue weighted by atomic mass is 35.5. The van der Waals surface area contributed by atoms with Crippen LogP contribution >= 0.6 is 11.6 Å². The van der Waals surface area contributed by atoms with E-state index in [2.05, 4.69) is 42.8 Å². The minimum Gasteiger partial charge on any atom is -0.360 e. The van der Waals surface area contributed by atoms with Crippen molar-refractivity contribution in [2.75, 3.05) is 50.4 Å². The number of aromatic amines is 1. The van der Waals surface area contributed by atoms with E-state index < -0.39 is 0 Å². The zero-order valence-electron chi connectivity index (χ0n) is 25.4. The minimum absolute atomic E-state index is 0.0222. The summed E-state index contributed by atoms with van der Waals surface area (Å²) < 4.78 is 0. The first-order valence-electron chi connectivity index (χ1n) is 15.6. The number of fused-ring (bicyclic) bond motifs is 1. The van der Waals surface area contributed by atoms with Crippen molar-refractivity contribution in [2.45, 2.75) is 37.8 Å². The van der Waals surface area contributed by atoms with Gasteiger partial charge in [-0.1, -0.05) is 35.9 Å². The molecule has 11 heteroatoms. The molecule has 4 aromatic rings. The highest BCUT2D eigenvalue weighted by Crippen LogP contribution is 2.32. The van der Waals surface area contributed by atoms with Gasteiger partial charge in [-0.05, 0) is 63.1 Å². The van der Waals surface area contributed by atoms with Crippen molar-refractivity contribution in [2.24, 2.45) is 0 Å². The lowest BCUT2D eigenvalue weighted by atomic mass is 9.91. The summed E-state index contributed by atoms with van der Waals surface area (Å²) in [5, 5.41) is 11.1. The molecule has 1 saturated carbocycles. The number of para-hydroxylation sites is 1. The predicted molar refractivity (Wildman–Crippen MR) is 180 cm³/mol. The number of hydrogen-bond donors (Lipinski definition) is 4. The summed E-state index contributed by atoms with van der Waals surface area (Å²) in [4.78, 5) is 42.5. The Morgan fingerprint density at radius 1 is 1.04 bits per heavy atom. The largest absolute Gasteiger partial charge is 0.360 e. The van der Waals surface area contributed by atoms with E-state index in [1.165, 1.54) is 0 Å². The summed E-state index contributed by atoms with van der Waals surface area (Å²) in [7, 11) is 2.13. The Labute approximate surface area is 268 Å². The van der Waals surface area contributed by atoms with Gasteiger partial charge in [-0.15, -0.1) is 0 Å². The number of piperazine rings is 1. The van der Waals surface area contributed by atoms with Crippen LogP contribution in [0.25, 0.3) is 22.2 Å². The Hall–Kier alpha value is -4.25. The van der Waals surface area contributed by atoms with Gasteiger partial charge in [0.15, 0.2) is 0 Å². The fourth-order valence-electron chi connectivity index (χ4n) is 6.02.